The van der Waals surface area contributed by atoms with Gasteiger partial charge in [0.15, 0.2) is 0 Å². The van der Waals surface area contributed by atoms with Crippen LogP contribution in [0.25, 0.3) is 0 Å². The zero-order valence-electron chi connectivity index (χ0n) is 9.47. The van der Waals surface area contributed by atoms with Crippen molar-refractivity contribution in [1.29, 1.82) is 0 Å². The largest absolute Gasteiger partial charge is 0.313 e. The van der Waals surface area contributed by atoms with Gasteiger partial charge in [-0.05, 0) is 25.6 Å². The van der Waals surface area contributed by atoms with Gasteiger partial charge >= 0.3 is 0 Å². The third-order valence-electron chi connectivity index (χ3n) is 2.08. The van der Waals surface area contributed by atoms with Crippen LogP contribution >= 0.6 is 0 Å². The molecule has 90 valence electrons. The van der Waals surface area contributed by atoms with E-state index >= 15 is 0 Å². The van der Waals surface area contributed by atoms with Crippen LogP contribution in [0.2, 0.25) is 0 Å². The number of sulfonamides is 1. The van der Waals surface area contributed by atoms with Gasteiger partial charge in [0.2, 0.25) is 10.0 Å². The summed E-state index contributed by atoms with van der Waals surface area (Å²) in [6.45, 7) is 5.09. The van der Waals surface area contributed by atoms with Crippen molar-refractivity contribution >= 4 is 10.0 Å². The highest BCUT2D eigenvalue weighted by molar-refractivity contribution is 7.89. The summed E-state index contributed by atoms with van der Waals surface area (Å²) in [5, 5.41) is 3.13. The zero-order chi connectivity index (χ0) is 12.0. The minimum Gasteiger partial charge on any atom is -0.313 e. The highest BCUT2D eigenvalue weighted by atomic mass is 32.2. The number of nitrogens with zero attached hydrogens (tertiary/aromatic N) is 1. The third-order valence-corrected chi connectivity index (χ3v) is 3.49. The molecule has 0 saturated heterocycles. The van der Waals surface area contributed by atoms with Gasteiger partial charge in [-0.3, -0.25) is 4.98 Å². The predicted molar refractivity (Wildman–Crippen MR) is 62.6 cm³/mol. The Hall–Kier alpha value is -0.980. The van der Waals surface area contributed by atoms with Crippen molar-refractivity contribution in [2.24, 2.45) is 0 Å². The van der Waals surface area contributed by atoms with Crippen molar-refractivity contribution < 1.29 is 8.42 Å². The molecule has 0 spiro atoms. The Kier molecular flexibility index (Phi) is 4.85. The van der Waals surface area contributed by atoms with E-state index in [1.807, 2.05) is 13.8 Å². The molecular weight excluding hydrogens is 226 g/mol. The van der Waals surface area contributed by atoms with Gasteiger partial charge in [0, 0.05) is 25.0 Å². The fourth-order valence-electron chi connectivity index (χ4n) is 1.24. The number of hydrogen-bond acceptors (Lipinski definition) is 4. The van der Waals surface area contributed by atoms with Crippen molar-refractivity contribution in [3.63, 3.8) is 0 Å². The van der Waals surface area contributed by atoms with Gasteiger partial charge in [-0.25, -0.2) is 13.1 Å². The standard InChI is InChI=1S/C10H17N3O2S/c1-3-12-9(2)7-13-16(14,15)10-5-4-6-11-8-10/h4-6,8-9,12-13H,3,7H2,1-2H3/t9-/m1/s1. The molecule has 0 amide bonds. The maximum Gasteiger partial charge on any atom is 0.242 e. The van der Waals surface area contributed by atoms with E-state index in [0.717, 1.165) is 6.54 Å². The van der Waals surface area contributed by atoms with E-state index in [4.69, 9.17) is 0 Å². The van der Waals surface area contributed by atoms with Crippen LogP contribution in [0.5, 0.6) is 0 Å². The molecule has 1 atom stereocenters. The summed E-state index contributed by atoms with van der Waals surface area (Å²) in [5.74, 6) is 0. The Morgan fingerprint density at radius 1 is 1.50 bits per heavy atom. The number of pyridine rings is 1. The topological polar surface area (TPSA) is 71.1 Å². The molecule has 2 N–H and O–H groups in total. The van der Waals surface area contributed by atoms with E-state index in [0.29, 0.717) is 6.54 Å². The molecule has 0 aliphatic rings. The molecular formula is C10H17N3O2S. The van der Waals surface area contributed by atoms with Gasteiger partial charge in [-0.1, -0.05) is 6.92 Å². The highest BCUT2D eigenvalue weighted by Crippen LogP contribution is 2.04. The second-order valence-corrected chi connectivity index (χ2v) is 5.27. The minimum absolute atomic E-state index is 0.108. The van der Waals surface area contributed by atoms with E-state index in [1.54, 1.807) is 12.3 Å². The van der Waals surface area contributed by atoms with E-state index in [9.17, 15) is 8.42 Å². The molecule has 16 heavy (non-hydrogen) atoms. The van der Waals surface area contributed by atoms with Crippen molar-refractivity contribution in [2.75, 3.05) is 13.1 Å². The Labute approximate surface area is 96.3 Å². The number of hydrogen-bond donors (Lipinski definition) is 2. The molecule has 0 aliphatic heterocycles. The van der Waals surface area contributed by atoms with E-state index in [2.05, 4.69) is 15.0 Å². The van der Waals surface area contributed by atoms with E-state index in [1.165, 1.54) is 12.3 Å². The summed E-state index contributed by atoms with van der Waals surface area (Å²) >= 11 is 0. The van der Waals surface area contributed by atoms with Crippen LogP contribution < -0.4 is 10.0 Å². The van der Waals surface area contributed by atoms with Crippen molar-refractivity contribution in [3.8, 4) is 0 Å². The van der Waals surface area contributed by atoms with Gasteiger partial charge in [-0.15, -0.1) is 0 Å². The number of rotatable bonds is 6. The Morgan fingerprint density at radius 3 is 2.81 bits per heavy atom. The number of aromatic nitrogens is 1. The normalized spacial score (nSPS) is 13.6. The van der Waals surface area contributed by atoms with Crippen LogP contribution in [0.4, 0.5) is 0 Å². The molecule has 0 bridgehead atoms. The molecule has 0 unspecified atom stereocenters. The lowest BCUT2D eigenvalue weighted by molar-refractivity contribution is 0.536. The molecule has 6 heteroatoms. The molecule has 1 rings (SSSR count). The summed E-state index contributed by atoms with van der Waals surface area (Å²) in [5.41, 5.74) is 0. The fraction of sp³-hybridized carbons (Fsp3) is 0.500. The average Bonchev–Trinajstić information content (AvgIpc) is 2.28. The van der Waals surface area contributed by atoms with Gasteiger partial charge in [0.25, 0.3) is 0 Å². The second kappa shape index (κ2) is 5.93. The lowest BCUT2D eigenvalue weighted by Gasteiger charge is -2.13. The molecule has 0 aromatic carbocycles. The predicted octanol–water partition coefficient (Wildman–Crippen LogP) is 0.358. The average molecular weight is 243 g/mol. The van der Waals surface area contributed by atoms with Crippen molar-refractivity contribution in [3.05, 3.63) is 24.5 Å². The Morgan fingerprint density at radius 2 is 2.25 bits per heavy atom. The maximum absolute atomic E-state index is 11.8. The summed E-state index contributed by atoms with van der Waals surface area (Å²) in [7, 11) is -3.43. The van der Waals surface area contributed by atoms with Gasteiger partial charge in [0.1, 0.15) is 4.90 Å². The molecule has 5 nitrogen and oxygen atoms in total. The number of likely N-dealkylation sites (N-methyl/N-ethyl adjacent to an activating group) is 1. The highest BCUT2D eigenvalue weighted by Gasteiger charge is 2.14. The monoisotopic (exact) mass is 243 g/mol. The van der Waals surface area contributed by atoms with Gasteiger partial charge in [-0.2, -0.15) is 0 Å². The quantitative estimate of drug-likeness (QED) is 0.756. The molecule has 1 heterocycles. The lowest BCUT2D eigenvalue weighted by atomic mass is 10.3. The van der Waals surface area contributed by atoms with Crippen molar-refractivity contribution in [1.82, 2.24) is 15.0 Å². The SMILES string of the molecule is CCN[C@H](C)CNS(=O)(=O)c1cccnc1. The van der Waals surface area contributed by atoms with Gasteiger partial charge < -0.3 is 5.32 Å². The summed E-state index contributed by atoms with van der Waals surface area (Å²) in [6.07, 6.45) is 2.88. The third kappa shape index (κ3) is 3.88. The van der Waals surface area contributed by atoms with Crippen LogP contribution in [-0.2, 0) is 10.0 Å². The van der Waals surface area contributed by atoms with Crippen LogP contribution in [0.15, 0.2) is 29.4 Å². The van der Waals surface area contributed by atoms with Gasteiger partial charge in [0.05, 0.1) is 0 Å². The van der Waals surface area contributed by atoms with Crippen LogP contribution in [0, 0.1) is 0 Å². The summed E-state index contributed by atoms with van der Waals surface area (Å²) < 4.78 is 26.1. The first-order chi connectivity index (χ1) is 7.56. The van der Waals surface area contributed by atoms with Crippen LogP contribution in [0.1, 0.15) is 13.8 Å². The van der Waals surface area contributed by atoms with Crippen LogP contribution in [0.3, 0.4) is 0 Å². The minimum atomic E-state index is -3.43. The maximum atomic E-state index is 11.8. The lowest BCUT2D eigenvalue weighted by Crippen LogP contribution is -2.38. The summed E-state index contributed by atoms with van der Waals surface area (Å²) in [4.78, 5) is 3.97. The molecule has 1 aromatic rings. The Bertz CT molecular complexity index is 405. The first-order valence-corrected chi connectivity index (χ1v) is 6.67. The molecule has 0 aliphatic carbocycles. The zero-order valence-corrected chi connectivity index (χ0v) is 10.3. The first kappa shape index (κ1) is 13.1. The Balaban J connectivity index is 2.60. The summed E-state index contributed by atoms with van der Waals surface area (Å²) in [6, 6.07) is 3.23. The first-order valence-electron chi connectivity index (χ1n) is 5.19. The van der Waals surface area contributed by atoms with E-state index in [-0.39, 0.29) is 10.9 Å². The van der Waals surface area contributed by atoms with Crippen molar-refractivity contribution in [2.45, 2.75) is 24.8 Å². The number of nitrogens with one attached hydrogen (secondary N) is 2. The molecule has 1 aromatic heterocycles. The molecule has 0 radical (unpaired) electrons. The van der Waals surface area contributed by atoms with E-state index < -0.39 is 10.0 Å². The smallest absolute Gasteiger partial charge is 0.242 e. The molecule has 0 saturated carbocycles. The van der Waals surface area contributed by atoms with Crippen LogP contribution in [-0.4, -0.2) is 32.5 Å². The fourth-order valence-corrected chi connectivity index (χ4v) is 2.34. The molecule has 0 fully saturated rings. The second-order valence-electron chi connectivity index (χ2n) is 3.50.